The van der Waals surface area contributed by atoms with Gasteiger partial charge in [0.05, 0.1) is 24.5 Å². The number of carbonyl (C=O) groups is 1. The van der Waals surface area contributed by atoms with Crippen LogP contribution in [0.5, 0.6) is 0 Å². The van der Waals surface area contributed by atoms with Gasteiger partial charge in [-0.3, -0.25) is 4.79 Å². The average Bonchev–Trinajstić information content (AvgIpc) is 2.63. The second-order valence-electron chi connectivity index (χ2n) is 5.90. The van der Waals surface area contributed by atoms with Gasteiger partial charge in [-0.15, -0.1) is 0 Å². The minimum Gasteiger partial charge on any atom is -0.379 e. The Morgan fingerprint density at radius 3 is 2.46 bits per heavy atom. The molecule has 0 spiro atoms. The number of hydrogen-bond acceptors (Lipinski definition) is 4. The number of morpholine rings is 1. The monoisotopic (exact) mass is 394 g/mol. The molecule has 0 atom stereocenters. The number of nitrogens with zero attached hydrogens (tertiary/aromatic N) is 1. The van der Waals surface area contributed by atoms with Crippen molar-refractivity contribution in [2.24, 2.45) is 0 Å². The summed E-state index contributed by atoms with van der Waals surface area (Å²) >= 11 is 5.91. The Morgan fingerprint density at radius 1 is 1.12 bits per heavy atom. The van der Waals surface area contributed by atoms with Gasteiger partial charge in [-0.05, 0) is 42.0 Å². The van der Waals surface area contributed by atoms with E-state index in [1.54, 1.807) is 30.3 Å². The number of sulfonamides is 1. The summed E-state index contributed by atoms with van der Waals surface area (Å²) < 4.78 is 31.7. The minimum atomic E-state index is -3.53. The molecule has 26 heavy (non-hydrogen) atoms. The van der Waals surface area contributed by atoms with Crippen LogP contribution in [0, 0.1) is 0 Å². The van der Waals surface area contributed by atoms with E-state index >= 15 is 0 Å². The van der Waals surface area contributed by atoms with Crippen LogP contribution in [-0.4, -0.2) is 44.9 Å². The number of amides is 1. The number of rotatable bonds is 5. The average molecular weight is 395 g/mol. The summed E-state index contributed by atoms with van der Waals surface area (Å²) in [5.41, 5.74) is 1.35. The van der Waals surface area contributed by atoms with Crippen molar-refractivity contribution in [1.82, 2.24) is 4.31 Å². The zero-order chi connectivity index (χ0) is 18.6. The molecule has 1 aliphatic heterocycles. The van der Waals surface area contributed by atoms with Crippen LogP contribution >= 0.6 is 11.6 Å². The third-order valence-corrected chi connectivity index (χ3v) is 6.15. The van der Waals surface area contributed by atoms with E-state index in [2.05, 4.69) is 5.32 Å². The molecule has 1 N–H and O–H groups in total. The van der Waals surface area contributed by atoms with Crippen LogP contribution in [0.3, 0.4) is 0 Å². The van der Waals surface area contributed by atoms with Gasteiger partial charge in [0.1, 0.15) is 0 Å². The molecule has 0 unspecified atom stereocenters. The SMILES string of the molecule is O=C(Cc1cccc(Cl)c1)Nc1ccc(S(=O)(=O)N2CCOCC2)cc1. The molecule has 1 amide bonds. The Hall–Kier alpha value is -1.93. The number of nitrogens with one attached hydrogen (secondary N) is 1. The number of benzene rings is 2. The predicted molar refractivity (Wildman–Crippen MR) is 99.8 cm³/mol. The van der Waals surface area contributed by atoms with Crippen molar-refractivity contribution in [2.75, 3.05) is 31.6 Å². The molecule has 1 heterocycles. The van der Waals surface area contributed by atoms with E-state index in [0.717, 1.165) is 5.56 Å². The van der Waals surface area contributed by atoms with Crippen LogP contribution in [0.1, 0.15) is 5.56 Å². The number of ether oxygens (including phenoxy) is 1. The van der Waals surface area contributed by atoms with Crippen molar-refractivity contribution in [2.45, 2.75) is 11.3 Å². The van der Waals surface area contributed by atoms with Gasteiger partial charge < -0.3 is 10.1 Å². The molecular weight excluding hydrogens is 376 g/mol. The Kier molecular flexibility index (Phi) is 5.93. The molecule has 1 saturated heterocycles. The highest BCUT2D eigenvalue weighted by molar-refractivity contribution is 7.89. The molecule has 0 radical (unpaired) electrons. The van der Waals surface area contributed by atoms with Crippen molar-refractivity contribution < 1.29 is 17.9 Å². The van der Waals surface area contributed by atoms with Crippen LogP contribution in [-0.2, 0) is 26.0 Å². The summed E-state index contributed by atoms with van der Waals surface area (Å²) in [6, 6.07) is 13.3. The molecule has 138 valence electrons. The largest absolute Gasteiger partial charge is 0.379 e. The minimum absolute atomic E-state index is 0.189. The van der Waals surface area contributed by atoms with Gasteiger partial charge in [0.25, 0.3) is 0 Å². The molecule has 8 heteroatoms. The Balaban J connectivity index is 1.64. The molecular formula is C18H19ClN2O4S. The maximum atomic E-state index is 12.6. The maximum absolute atomic E-state index is 12.6. The van der Waals surface area contributed by atoms with Crippen LogP contribution in [0.15, 0.2) is 53.4 Å². The first kappa shape index (κ1) is 18.8. The topological polar surface area (TPSA) is 75.7 Å². The fourth-order valence-corrected chi connectivity index (χ4v) is 4.30. The van der Waals surface area contributed by atoms with Crippen molar-refractivity contribution >= 4 is 33.2 Å². The molecule has 6 nitrogen and oxygen atoms in total. The highest BCUT2D eigenvalue weighted by atomic mass is 35.5. The lowest BCUT2D eigenvalue weighted by Gasteiger charge is -2.26. The summed E-state index contributed by atoms with van der Waals surface area (Å²) in [7, 11) is -3.53. The number of anilines is 1. The maximum Gasteiger partial charge on any atom is 0.243 e. The number of halogens is 1. The smallest absolute Gasteiger partial charge is 0.243 e. The van der Waals surface area contributed by atoms with Crippen LogP contribution in [0.25, 0.3) is 0 Å². The lowest BCUT2D eigenvalue weighted by Crippen LogP contribution is -2.40. The second-order valence-corrected chi connectivity index (χ2v) is 8.27. The first-order valence-electron chi connectivity index (χ1n) is 8.17. The van der Waals surface area contributed by atoms with Crippen LogP contribution < -0.4 is 5.32 Å². The van der Waals surface area contributed by atoms with Gasteiger partial charge in [0.15, 0.2) is 0 Å². The third-order valence-electron chi connectivity index (χ3n) is 4.00. The summed E-state index contributed by atoms with van der Waals surface area (Å²) in [6.07, 6.45) is 0.189. The summed E-state index contributed by atoms with van der Waals surface area (Å²) in [5.74, 6) is -0.198. The highest BCUT2D eigenvalue weighted by Crippen LogP contribution is 2.20. The van der Waals surface area contributed by atoms with Crippen molar-refractivity contribution in [3.05, 3.63) is 59.1 Å². The molecule has 2 aromatic carbocycles. The van der Waals surface area contributed by atoms with E-state index in [-0.39, 0.29) is 17.2 Å². The quantitative estimate of drug-likeness (QED) is 0.845. The number of carbonyl (C=O) groups excluding carboxylic acids is 1. The first-order chi connectivity index (χ1) is 12.4. The standard InChI is InChI=1S/C18H19ClN2O4S/c19-15-3-1-2-14(12-15)13-18(22)20-16-4-6-17(7-5-16)26(23,24)21-8-10-25-11-9-21/h1-7,12H,8-11,13H2,(H,20,22). The normalized spacial score (nSPS) is 15.6. The summed E-state index contributed by atoms with van der Waals surface area (Å²) in [4.78, 5) is 12.3. The van der Waals surface area contributed by atoms with Crippen molar-refractivity contribution in [1.29, 1.82) is 0 Å². The van der Waals surface area contributed by atoms with E-state index in [9.17, 15) is 13.2 Å². The molecule has 0 aromatic heterocycles. The van der Waals surface area contributed by atoms with Gasteiger partial charge in [-0.25, -0.2) is 8.42 Å². The highest BCUT2D eigenvalue weighted by Gasteiger charge is 2.26. The Morgan fingerprint density at radius 2 is 1.81 bits per heavy atom. The van der Waals surface area contributed by atoms with Gasteiger partial charge >= 0.3 is 0 Å². The molecule has 0 bridgehead atoms. The van der Waals surface area contributed by atoms with E-state index in [4.69, 9.17) is 16.3 Å². The van der Waals surface area contributed by atoms with Crippen LogP contribution in [0.2, 0.25) is 5.02 Å². The summed E-state index contributed by atoms with van der Waals surface area (Å²) in [5, 5.41) is 3.33. The molecule has 2 aromatic rings. The third kappa shape index (κ3) is 4.62. The second kappa shape index (κ2) is 8.18. The van der Waals surface area contributed by atoms with Gasteiger partial charge in [-0.2, -0.15) is 4.31 Å². The van der Waals surface area contributed by atoms with Gasteiger partial charge in [0, 0.05) is 23.8 Å². The van der Waals surface area contributed by atoms with Crippen molar-refractivity contribution in [3.63, 3.8) is 0 Å². The lowest BCUT2D eigenvalue weighted by molar-refractivity contribution is -0.115. The first-order valence-corrected chi connectivity index (χ1v) is 9.99. The Labute approximate surface area is 157 Å². The summed E-state index contributed by atoms with van der Waals surface area (Å²) in [6.45, 7) is 1.49. The fraction of sp³-hybridized carbons (Fsp3) is 0.278. The van der Waals surface area contributed by atoms with E-state index in [0.29, 0.717) is 37.0 Å². The molecule has 1 aliphatic rings. The Bertz CT molecular complexity index is 878. The zero-order valence-corrected chi connectivity index (χ0v) is 15.6. The lowest BCUT2D eigenvalue weighted by atomic mass is 10.1. The van der Waals surface area contributed by atoms with Gasteiger partial charge in [0.2, 0.25) is 15.9 Å². The molecule has 0 aliphatic carbocycles. The molecule has 1 fully saturated rings. The predicted octanol–water partition coefficient (Wildman–Crippen LogP) is 2.54. The van der Waals surface area contributed by atoms with E-state index in [1.165, 1.54) is 16.4 Å². The van der Waals surface area contributed by atoms with E-state index < -0.39 is 10.0 Å². The van der Waals surface area contributed by atoms with Crippen molar-refractivity contribution in [3.8, 4) is 0 Å². The molecule has 3 rings (SSSR count). The fourth-order valence-electron chi connectivity index (χ4n) is 2.68. The number of hydrogen-bond donors (Lipinski definition) is 1. The van der Waals surface area contributed by atoms with Crippen LogP contribution in [0.4, 0.5) is 5.69 Å². The molecule has 0 saturated carbocycles. The van der Waals surface area contributed by atoms with Gasteiger partial charge in [-0.1, -0.05) is 23.7 Å². The zero-order valence-electron chi connectivity index (χ0n) is 14.0. The van der Waals surface area contributed by atoms with E-state index in [1.807, 2.05) is 6.07 Å².